The second kappa shape index (κ2) is 14.6. The third kappa shape index (κ3) is 9.80. The van der Waals surface area contributed by atoms with Crippen LogP contribution >= 0.6 is 24.0 Å². The lowest BCUT2D eigenvalue weighted by molar-refractivity contribution is 0.0939. The van der Waals surface area contributed by atoms with Gasteiger partial charge in [0.1, 0.15) is 0 Å². The lowest BCUT2D eigenvalue weighted by Gasteiger charge is -2.26. The third-order valence-corrected chi connectivity index (χ3v) is 5.11. The van der Waals surface area contributed by atoms with Gasteiger partial charge in [-0.3, -0.25) is 4.79 Å². The smallest absolute Gasteiger partial charge is 0.251 e. The van der Waals surface area contributed by atoms with E-state index < -0.39 is 0 Å². The Hall–Kier alpha value is -1.35. The molecule has 1 unspecified atom stereocenters. The van der Waals surface area contributed by atoms with Gasteiger partial charge in [0.25, 0.3) is 5.91 Å². The van der Waals surface area contributed by atoms with Crippen LogP contribution in [0.2, 0.25) is 0 Å². The molecule has 1 aromatic rings. The minimum Gasteiger partial charge on any atom is -0.357 e. The number of halogens is 1. The van der Waals surface area contributed by atoms with Crippen molar-refractivity contribution in [2.75, 3.05) is 32.7 Å². The number of aliphatic imine (C=N–C) groups is 1. The fourth-order valence-corrected chi connectivity index (χ4v) is 3.25. The van der Waals surface area contributed by atoms with Gasteiger partial charge in [-0.15, -0.1) is 24.0 Å². The summed E-state index contributed by atoms with van der Waals surface area (Å²) in [5.74, 6) is 0.806. The third-order valence-electron chi connectivity index (χ3n) is 5.11. The van der Waals surface area contributed by atoms with Gasteiger partial charge in [0.15, 0.2) is 5.96 Å². The van der Waals surface area contributed by atoms with Crippen molar-refractivity contribution < 1.29 is 4.79 Å². The SMILES string of the molecule is CCNC(=NCc1cccc(C(=O)NC(C)CC)c1)NCCN1CCCCC1.I. The summed E-state index contributed by atoms with van der Waals surface area (Å²) in [6, 6.07) is 7.90. The fraction of sp³-hybridized carbons (Fsp3) is 0.636. The quantitative estimate of drug-likeness (QED) is 0.268. The van der Waals surface area contributed by atoms with Gasteiger partial charge in [0.05, 0.1) is 6.54 Å². The minimum atomic E-state index is -0.0215. The summed E-state index contributed by atoms with van der Waals surface area (Å²) >= 11 is 0. The Balaban J connectivity index is 0.00000420. The van der Waals surface area contributed by atoms with Crippen LogP contribution in [0.25, 0.3) is 0 Å². The van der Waals surface area contributed by atoms with E-state index in [0.717, 1.165) is 37.6 Å². The maximum atomic E-state index is 12.3. The van der Waals surface area contributed by atoms with Gasteiger partial charge in [-0.2, -0.15) is 0 Å². The van der Waals surface area contributed by atoms with E-state index in [4.69, 9.17) is 0 Å². The van der Waals surface area contributed by atoms with E-state index in [2.05, 4.69) is 39.7 Å². The molecule has 0 spiro atoms. The van der Waals surface area contributed by atoms with Crippen molar-refractivity contribution in [1.29, 1.82) is 0 Å². The summed E-state index contributed by atoms with van der Waals surface area (Å²) in [7, 11) is 0. The Kier molecular flexibility index (Phi) is 12.9. The molecule has 1 saturated heterocycles. The standard InChI is InChI=1S/C22H37N5O.HI/c1-4-18(3)26-21(28)20-11-9-10-19(16-20)17-25-22(23-5-2)24-12-15-27-13-7-6-8-14-27;/h9-11,16,18H,4-8,12-15,17H2,1-3H3,(H,26,28)(H2,23,24,25);1H. The number of hydrogen-bond donors (Lipinski definition) is 3. The van der Waals surface area contributed by atoms with E-state index in [1.165, 1.54) is 32.4 Å². The molecular formula is C22H38IN5O. The fourth-order valence-electron chi connectivity index (χ4n) is 3.25. The predicted octanol–water partition coefficient (Wildman–Crippen LogP) is 3.37. The van der Waals surface area contributed by atoms with E-state index in [1.54, 1.807) is 0 Å². The van der Waals surface area contributed by atoms with Crippen LogP contribution in [0, 0.1) is 0 Å². The van der Waals surface area contributed by atoms with E-state index in [0.29, 0.717) is 12.1 Å². The highest BCUT2D eigenvalue weighted by atomic mass is 127. The van der Waals surface area contributed by atoms with Crippen LogP contribution in [-0.4, -0.2) is 55.5 Å². The van der Waals surface area contributed by atoms with Crippen LogP contribution in [-0.2, 0) is 6.54 Å². The maximum Gasteiger partial charge on any atom is 0.251 e. The predicted molar refractivity (Wildman–Crippen MR) is 132 cm³/mol. The molecule has 1 aromatic carbocycles. The highest BCUT2D eigenvalue weighted by molar-refractivity contribution is 14.0. The number of nitrogens with one attached hydrogen (secondary N) is 3. The zero-order valence-corrected chi connectivity index (χ0v) is 20.5. The lowest BCUT2D eigenvalue weighted by atomic mass is 10.1. The van der Waals surface area contributed by atoms with Crippen LogP contribution in [0.4, 0.5) is 0 Å². The first kappa shape index (κ1) is 25.7. The van der Waals surface area contributed by atoms with Crippen LogP contribution in [0.5, 0.6) is 0 Å². The molecule has 0 aliphatic carbocycles. The van der Waals surface area contributed by atoms with E-state index in [-0.39, 0.29) is 35.9 Å². The maximum absolute atomic E-state index is 12.3. The van der Waals surface area contributed by atoms with Crippen LogP contribution in [0.3, 0.4) is 0 Å². The average molecular weight is 515 g/mol. The molecular weight excluding hydrogens is 477 g/mol. The molecule has 1 fully saturated rings. The van der Waals surface area contributed by atoms with Gasteiger partial charge >= 0.3 is 0 Å². The molecule has 0 bridgehead atoms. The van der Waals surface area contributed by atoms with E-state index in [1.807, 2.05) is 31.2 Å². The number of nitrogens with zero attached hydrogens (tertiary/aromatic N) is 2. The minimum absolute atomic E-state index is 0. The van der Waals surface area contributed by atoms with Crippen LogP contribution in [0.1, 0.15) is 62.4 Å². The number of likely N-dealkylation sites (tertiary alicyclic amines) is 1. The van der Waals surface area contributed by atoms with Crippen molar-refractivity contribution in [2.24, 2.45) is 4.99 Å². The molecule has 0 radical (unpaired) electrons. The van der Waals surface area contributed by atoms with Gasteiger partial charge in [-0.05, 0) is 63.9 Å². The molecule has 1 amide bonds. The number of carbonyl (C=O) groups is 1. The molecule has 7 heteroatoms. The van der Waals surface area contributed by atoms with Crippen LogP contribution < -0.4 is 16.0 Å². The molecule has 164 valence electrons. The van der Waals surface area contributed by atoms with Crippen molar-refractivity contribution in [3.63, 3.8) is 0 Å². The summed E-state index contributed by atoms with van der Waals surface area (Å²) in [5.41, 5.74) is 1.72. The van der Waals surface area contributed by atoms with Gasteiger partial charge in [0.2, 0.25) is 0 Å². The normalized spacial score (nSPS) is 15.9. The number of piperidine rings is 1. The summed E-state index contributed by atoms with van der Waals surface area (Å²) in [6.45, 7) is 11.9. The average Bonchev–Trinajstić information content (AvgIpc) is 2.73. The number of amides is 1. The van der Waals surface area contributed by atoms with Crippen molar-refractivity contribution in [3.05, 3.63) is 35.4 Å². The number of hydrogen-bond acceptors (Lipinski definition) is 3. The first-order chi connectivity index (χ1) is 13.6. The zero-order chi connectivity index (χ0) is 20.2. The molecule has 6 nitrogen and oxygen atoms in total. The summed E-state index contributed by atoms with van der Waals surface area (Å²) in [6.07, 6.45) is 4.91. The lowest BCUT2D eigenvalue weighted by Crippen LogP contribution is -2.42. The van der Waals surface area contributed by atoms with Crippen molar-refractivity contribution in [3.8, 4) is 0 Å². The molecule has 1 aliphatic rings. The van der Waals surface area contributed by atoms with Gasteiger partial charge in [-0.1, -0.05) is 25.5 Å². The first-order valence-corrected chi connectivity index (χ1v) is 10.8. The Morgan fingerprint density at radius 2 is 1.93 bits per heavy atom. The topological polar surface area (TPSA) is 68.8 Å². The molecule has 1 aliphatic heterocycles. The molecule has 29 heavy (non-hydrogen) atoms. The number of benzene rings is 1. The van der Waals surface area contributed by atoms with Crippen LogP contribution in [0.15, 0.2) is 29.3 Å². The number of rotatable bonds is 9. The molecule has 1 heterocycles. The highest BCUT2D eigenvalue weighted by Crippen LogP contribution is 2.08. The van der Waals surface area contributed by atoms with Gasteiger partial charge < -0.3 is 20.9 Å². The second-order valence-electron chi connectivity index (χ2n) is 7.51. The highest BCUT2D eigenvalue weighted by Gasteiger charge is 2.10. The Morgan fingerprint density at radius 3 is 2.62 bits per heavy atom. The largest absolute Gasteiger partial charge is 0.357 e. The van der Waals surface area contributed by atoms with Crippen molar-refractivity contribution in [2.45, 2.75) is 59.0 Å². The Morgan fingerprint density at radius 1 is 1.17 bits per heavy atom. The first-order valence-electron chi connectivity index (χ1n) is 10.8. The molecule has 1 atom stereocenters. The number of guanidine groups is 1. The zero-order valence-electron chi connectivity index (χ0n) is 18.2. The second-order valence-corrected chi connectivity index (χ2v) is 7.51. The van der Waals surface area contributed by atoms with Gasteiger partial charge in [-0.25, -0.2) is 4.99 Å². The molecule has 3 N–H and O–H groups in total. The summed E-state index contributed by atoms with van der Waals surface area (Å²) in [5, 5.41) is 9.74. The van der Waals surface area contributed by atoms with Gasteiger partial charge in [0, 0.05) is 31.2 Å². The van der Waals surface area contributed by atoms with Crippen molar-refractivity contribution in [1.82, 2.24) is 20.9 Å². The van der Waals surface area contributed by atoms with E-state index >= 15 is 0 Å². The summed E-state index contributed by atoms with van der Waals surface area (Å²) in [4.78, 5) is 19.5. The summed E-state index contributed by atoms with van der Waals surface area (Å²) < 4.78 is 0. The Bertz CT molecular complexity index is 631. The number of carbonyl (C=O) groups excluding carboxylic acids is 1. The molecule has 0 saturated carbocycles. The van der Waals surface area contributed by atoms with E-state index in [9.17, 15) is 4.79 Å². The Labute approximate surface area is 193 Å². The monoisotopic (exact) mass is 515 g/mol. The van der Waals surface area contributed by atoms with Crippen molar-refractivity contribution >= 4 is 35.8 Å². The molecule has 2 rings (SSSR count). The molecule has 0 aromatic heterocycles.